The van der Waals surface area contributed by atoms with Gasteiger partial charge < -0.3 is 14.6 Å². The molecule has 1 N–H and O–H groups in total. The van der Waals surface area contributed by atoms with Gasteiger partial charge >= 0.3 is 0 Å². The minimum Gasteiger partial charge on any atom is -0.481 e. The van der Waals surface area contributed by atoms with Crippen molar-refractivity contribution >= 4 is 35.0 Å². The van der Waals surface area contributed by atoms with Crippen LogP contribution in [-0.2, 0) is 11.3 Å². The van der Waals surface area contributed by atoms with E-state index < -0.39 is 0 Å². The lowest BCUT2D eigenvalue weighted by molar-refractivity contribution is -0.113. The predicted molar refractivity (Wildman–Crippen MR) is 121 cm³/mol. The van der Waals surface area contributed by atoms with Crippen molar-refractivity contribution in [3.8, 4) is 5.75 Å². The fourth-order valence-corrected chi connectivity index (χ4v) is 3.92. The molecule has 158 valence electrons. The molecule has 0 spiro atoms. The largest absolute Gasteiger partial charge is 0.481 e. The van der Waals surface area contributed by atoms with Gasteiger partial charge in [0.1, 0.15) is 5.75 Å². The Morgan fingerprint density at radius 3 is 2.67 bits per heavy atom. The van der Waals surface area contributed by atoms with Crippen LogP contribution in [0.5, 0.6) is 5.75 Å². The van der Waals surface area contributed by atoms with Crippen molar-refractivity contribution < 1.29 is 9.53 Å². The number of rotatable bonds is 8. The summed E-state index contributed by atoms with van der Waals surface area (Å²) in [5.74, 6) is 1.44. The molecule has 0 aliphatic carbocycles. The first-order chi connectivity index (χ1) is 14.4. The average molecular weight is 445 g/mol. The molecular weight excluding hydrogens is 420 g/mol. The molecule has 0 aliphatic rings. The number of nitrogens with one attached hydrogen (secondary N) is 1. The molecule has 0 bridgehead atoms. The van der Waals surface area contributed by atoms with Gasteiger partial charge in [0.05, 0.1) is 10.8 Å². The molecule has 0 fully saturated rings. The molecule has 0 aliphatic heterocycles. The SMILES string of the molecule is CCn1c(SCC(=O)Nc2ccc(C)c(C)c2)nnc1[C@@H](C)Oc1ccccc1Cl. The molecule has 30 heavy (non-hydrogen) atoms. The molecule has 0 unspecified atom stereocenters. The number of aromatic nitrogens is 3. The summed E-state index contributed by atoms with van der Waals surface area (Å²) in [6, 6.07) is 13.2. The third kappa shape index (κ3) is 5.34. The summed E-state index contributed by atoms with van der Waals surface area (Å²) in [7, 11) is 0. The quantitative estimate of drug-likeness (QED) is 0.468. The summed E-state index contributed by atoms with van der Waals surface area (Å²) in [6.07, 6.45) is -0.337. The van der Waals surface area contributed by atoms with E-state index in [9.17, 15) is 4.79 Å². The second-order valence-corrected chi connectivity index (χ2v) is 8.26. The van der Waals surface area contributed by atoms with Crippen molar-refractivity contribution in [1.82, 2.24) is 14.8 Å². The Balaban J connectivity index is 1.64. The van der Waals surface area contributed by atoms with Crippen LogP contribution in [0.3, 0.4) is 0 Å². The number of carbonyl (C=O) groups is 1. The first kappa shape index (κ1) is 22.2. The molecule has 0 saturated heterocycles. The average Bonchev–Trinajstić information content (AvgIpc) is 3.14. The highest BCUT2D eigenvalue weighted by atomic mass is 35.5. The van der Waals surface area contributed by atoms with Crippen molar-refractivity contribution in [3.05, 3.63) is 64.4 Å². The zero-order chi connectivity index (χ0) is 21.7. The molecule has 0 saturated carbocycles. The standard InChI is InChI=1S/C22H25ClN4O2S/c1-5-27-21(16(4)29-19-9-7-6-8-18(19)23)25-26-22(27)30-13-20(28)24-17-11-10-14(2)15(3)12-17/h6-12,16H,5,13H2,1-4H3,(H,24,28)/t16-/m1/s1. The lowest BCUT2D eigenvalue weighted by Gasteiger charge is -2.16. The number of ether oxygens (including phenoxy) is 1. The highest BCUT2D eigenvalue weighted by Crippen LogP contribution is 2.29. The number of halogens is 1. The molecule has 2 aromatic carbocycles. The third-order valence-corrected chi connectivity index (χ3v) is 5.97. The Morgan fingerprint density at radius 2 is 1.97 bits per heavy atom. The van der Waals surface area contributed by atoms with Crippen LogP contribution in [0.25, 0.3) is 0 Å². The molecule has 1 aromatic heterocycles. The first-order valence-electron chi connectivity index (χ1n) is 9.73. The third-order valence-electron chi connectivity index (χ3n) is 4.69. The maximum atomic E-state index is 12.4. The number of para-hydroxylation sites is 1. The number of anilines is 1. The van der Waals surface area contributed by atoms with E-state index in [4.69, 9.17) is 16.3 Å². The number of benzene rings is 2. The summed E-state index contributed by atoms with van der Waals surface area (Å²) >= 11 is 7.54. The Hall–Kier alpha value is -2.51. The van der Waals surface area contributed by atoms with E-state index in [2.05, 4.69) is 15.5 Å². The highest BCUT2D eigenvalue weighted by Gasteiger charge is 2.20. The van der Waals surface area contributed by atoms with Crippen LogP contribution in [-0.4, -0.2) is 26.4 Å². The van der Waals surface area contributed by atoms with Crippen LogP contribution in [0, 0.1) is 13.8 Å². The molecule has 1 atom stereocenters. The van der Waals surface area contributed by atoms with Gasteiger partial charge in [0.25, 0.3) is 0 Å². The van der Waals surface area contributed by atoms with Crippen molar-refractivity contribution in [2.24, 2.45) is 0 Å². The van der Waals surface area contributed by atoms with E-state index in [1.165, 1.54) is 17.3 Å². The number of hydrogen-bond donors (Lipinski definition) is 1. The van der Waals surface area contributed by atoms with Crippen molar-refractivity contribution in [2.45, 2.75) is 45.5 Å². The van der Waals surface area contributed by atoms with Crippen LogP contribution >= 0.6 is 23.4 Å². The second-order valence-electron chi connectivity index (χ2n) is 6.91. The first-order valence-corrected chi connectivity index (χ1v) is 11.1. The van der Waals surface area contributed by atoms with E-state index >= 15 is 0 Å². The summed E-state index contributed by atoms with van der Waals surface area (Å²) in [5, 5.41) is 12.7. The van der Waals surface area contributed by atoms with E-state index in [1.54, 1.807) is 6.07 Å². The Morgan fingerprint density at radius 1 is 1.20 bits per heavy atom. The monoisotopic (exact) mass is 444 g/mol. The fraction of sp³-hybridized carbons (Fsp3) is 0.318. The van der Waals surface area contributed by atoms with Gasteiger partial charge in [-0.1, -0.05) is 41.6 Å². The molecule has 3 rings (SSSR count). The number of thioether (sulfide) groups is 1. The summed E-state index contributed by atoms with van der Waals surface area (Å²) in [6.45, 7) is 8.65. The number of amides is 1. The maximum Gasteiger partial charge on any atom is 0.234 e. The molecule has 3 aromatic rings. The van der Waals surface area contributed by atoms with Crippen LogP contribution in [0.4, 0.5) is 5.69 Å². The fourth-order valence-electron chi connectivity index (χ4n) is 2.93. The van der Waals surface area contributed by atoms with Gasteiger partial charge in [-0.2, -0.15) is 0 Å². The molecule has 0 radical (unpaired) electrons. The zero-order valence-corrected chi connectivity index (χ0v) is 19.0. The van der Waals surface area contributed by atoms with E-state index in [-0.39, 0.29) is 17.8 Å². The Kier molecular flexibility index (Phi) is 7.39. The highest BCUT2D eigenvalue weighted by molar-refractivity contribution is 7.99. The summed E-state index contributed by atoms with van der Waals surface area (Å²) < 4.78 is 7.92. The van der Waals surface area contributed by atoms with Crippen molar-refractivity contribution in [1.29, 1.82) is 0 Å². The van der Waals surface area contributed by atoms with E-state index in [0.29, 0.717) is 28.3 Å². The Bertz CT molecular complexity index is 1040. The van der Waals surface area contributed by atoms with Gasteiger partial charge in [-0.25, -0.2) is 0 Å². The van der Waals surface area contributed by atoms with Gasteiger partial charge in [0, 0.05) is 12.2 Å². The smallest absolute Gasteiger partial charge is 0.234 e. The van der Waals surface area contributed by atoms with Gasteiger partial charge in [-0.15, -0.1) is 10.2 Å². The van der Waals surface area contributed by atoms with Crippen LogP contribution in [0.1, 0.15) is 36.9 Å². The lowest BCUT2D eigenvalue weighted by Crippen LogP contribution is -2.15. The van der Waals surface area contributed by atoms with E-state index in [0.717, 1.165) is 11.3 Å². The summed E-state index contributed by atoms with van der Waals surface area (Å²) in [4.78, 5) is 12.4. The van der Waals surface area contributed by atoms with Crippen molar-refractivity contribution in [3.63, 3.8) is 0 Å². The molecule has 1 heterocycles. The normalized spacial score (nSPS) is 11.9. The topological polar surface area (TPSA) is 69.0 Å². The molecule has 6 nitrogen and oxygen atoms in total. The van der Waals surface area contributed by atoms with Gasteiger partial charge in [-0.3, -0.25) is 4.79 Å². The number of aryl methyl sites for hydroxylation is 2. The van der Waals surface area contributed by atoms with Crippen molar-refractivity contribution in [2.75, 3.05) is 11.1 Å². The predicted octanol–water partition coefficient (Wildman–Crippen LogP) is 5.44. The second kappa shape index (κ2) is 10.00. The Labute approximate surface area is 186 Å². The van der Waals surface area contributed by atoms with E-state index in [1.807, 2.05) is 68.7 Å². The van der Waals surface area contributed by atoms with Crippen LogP contribution in [0.2, 0.25) is 5.02 Å². The maximum absolute atomic E-state index is 12.4. The zero-order valence-electron chi connectivity index (χ0n) is 17.5. The molecule has 1 amide bonds. The summed E-state index contributed by atoms with van der Waals surface area (Å²) in [5.41, 5.74) is 3.13. The van der Waals surface area contributed by atoms with Gasteiger partial charge in [-0.05, 0) is 63.1 Å². The van der Waals surface area contributed by atoms with Gasteiger partial charge in [0.15, 0.2) is 17.1 Å². The number of hydrogen-bond acceptors (Lipinski definition) is 5. The lowest BCUT2D eigenvalue weighted by atomic mass is 10.1. The van der Waals surface area contributed by atoms with Crippen LogP contribution in [0.15, 0.2) is 47.6 Å². The molecule has 8 heteroatoms. The minimum absolute atomic E-state index is 0.0872. The number of carbonyl (C=O) groups excluding carboxylic acids is 1. The van der Waals surface area contributed by atoms with Gasteiger partial charge in [0.2, 0.25) is 5.91 Å². The molecular formula is C22H25ClN4O2S. The van der Waals surface area contributed by atoms with Crippen LogP contribution < -0.4 is 10.1 Å². The minimum atomic E-state index is -0.337. The number of nitrogens with zero attached hydrogens (tertiary/aromatic N) is 3.